The molecular weight excluding hydrogens is 282 g/mol. The molecule has 1 aromatic rings. The van der Waals surface area contributed by atoms with Crippen LogP contribution in [0, 0.1) is 0 Å². The van der Waals surface area contributed by atoms with E-state index in [0.717, 1.165) is 24.0 Å². The van der Waals surface area contributed by atoms with Crippen molar-refractivity contribution in [3.8, 4) is 0 Å². The third kappa shape index (κ3) is 2.83. The van der Waals surface area contributed by atoms with Crippen LogP contribution in [0.25, 0.3) is 0 Å². The summed E-state index contributed by atoms with van der Waals surface area (Å²) in [4.78, 5) is 31.9. The zero-order valence-corrected chi connectivity index (χ0v) is 12.8. The molecule has 118 valence electrons. The van der Waals surface area contributed by atoms with Crippen LogP contribution in [-0.4, -0.2) is 57.4 Å². The van der Waals surface area contributed by atoms with E-state index in [1.54, 1.807) is 29.1 Å². The van der Waals surface area contributed by atoms with Gasteiger partial charge in [-0.15, -0.1) is 0 Å². The maximum Gasteiger partial charge on any atom is 0.255 e. The van der Waals surface area contributed by atoms with Crippen LogP contribution < -0.4 is 0 Å². The molecule has 2 aliphatic heterocycles. The van der Waals surface area contributed by atoms with Gasteiger partial charge in [-0.1, -0.05) is 0 Å². The Hall–Kier alpha value is -1.95. The van der Waals surface area contributed by atoms with Crippen molar-refractivity contribution in [1.82, 2.24) is 14.8 Å². The predicted molar refractivity (Wildman–Crippen MR) is 80.2 cm³/mol. The number of fused-ring (bicyclic) bond motifs is 1. The molecule has 1 saturated heterocycles. The maximum absolute atomic E-state index is 12.7. The van der Waals surface area contributed by atoms with Gasteiger partial charge >= 0.3 is 0 Å². The number of carbonyl (C=O) groups is 2. The Morgan fingerprint density at radius 1 is 1.27 bits per heavy atom. The number of aliphatic hydroxyl groups is 1. The summed E-state index contributed by atoms with van der Waals surface area (Å²) >= 11 is 0. The molecule has 0 aromatic carbocycles. The first kappa shape index (κ1) is 15.0. The van der Waals surface area contributed by atoms with Gasteiger partial charge in [0.05, 0.1) is 11.7 Å². The smallest absolute Gasteiger partial charge is 0.255 e. The summed E-state index contributed by atoms with van der Waals surface area (Å²) in [6.45, 7) is 3.78. The number of amides is 2. The molecule has 0 bridgehead atoms. The van der Waals surface area contributed by atoms with Crippen LogP contribution in [0.2, 0.25) is 0 Å². The second-order valence-corrected chi connectivity index (χ2v) is 6.06. The SMILES string of the molecule is CC(=O)N1CCc2c(cncc2C(=O)N2CCCC(O)C2)C1. The predicted octanol–water partition coefficient (Wildman–Crippen LogP) is 0.583. The van der Waals surface area contributed by atoms with Crippen molar-refractivity contribution in [3.63, 3.8) is 0 Å². The second kappa shape index (κ2) is 6.04. The van der Waals surface area contributed by atoms with Crippen molar-refractivity contribution in [2.24, 2.45) is 0 Å². The van der Waals surface area contributed by atoms with Crippen LogP contribution in [0.15, 0.2) is 12.4 Å². The molecule has 3 rings (SSSR count). The van der Waals surface area contributed by atoms with Crippen molar-refractivity contribution in [2.45, 2.75) is 38.8 Å². The summed E-state index contributed by atoms with van der Waals surface area (Å²) in [6, 6.07) is 0. The molecule has 1 N–H and O–H groups in total. The molecule has 2 aliphatic rings. The van der Waals surface area contributed by atoms with Crippen LogP contribution in [-0.2, 0) is 17.8 Å². The fourth-order valence-electron chi connectivity index (χ4n) is 3.26. The van der Waals surface area contributed by atoms with Crippen molar-refractivity contribution < 1.29 is 14.7 Å². The van der Waals surface area contributed by atoms with Gasteiger partial charge in [0, 0.05) is 45.5 Å². The maximum atomic E-state index is 12.7. The first-order chi connectivity index (χ1) is 10.6. The summed E-state index contributed by atoms with van der Waals surface area (Å²) in [7, 11) is 0. The zero-order valence-electron chi connectivity index (χ0n) is 12.8. The highest BCUT2D eigenvalue weighted by Gasteiger charge is 2.28. The lowest BCUT2D eigenvalue weighted by Crippen LogP contribution is -2.43. The van der Waals surface area contributed by atoms with Gasteiger partial charge in [-0.05, 0) is 30.4 Å². The zero-order chi connectivity index (χ0) is 15.7. The van der Waals surface area contributed by atoms with E-state index in [1.165, 1.54) is 0 Å². The summed E-state index contributed by atoms with van der Waals surface area (Å²) < 4.78 is 0. The average molecular weight is 303 g/mol. The Kier molecular flexibility index (Phi) is 4.11. The quantitative estimate of drug-likeness (QED) is 0.824. The van der Waals surface area contributed by atoms with Gasteiger partial charge in [0.25, 0.3) is 5.91 Å². The second-order valence-electron chi connectivity index (χ2n) is 6.06. The lowest BCUT2D eigenvalue weighted by molar-refractivity contribution is -0.129. The highest BCUT2D eigenvalue weighted by Crippen LogP contribution is 2.24. The molecule has 22 heavy (non-hydrogen) atoms. The standard InChI is InChI=1S/C16H21N3O3/c1-11(20)18-6-4-14-12(9-18)7-17-8-15(14)16(22)19-5-2-3-13(21)10-19/h7-8,13,21H,2-6,9-10H2,1H3. The highest BCUT2D eigenvalue weighted by atomic mass is 16.3. The molecule has 1 atom stereocenters. The minimum atomic E-state index is -0.432. The molecule has 3 heterocycles. The Morgan fingerprint density at radius 3 is 2.82 bits per heavy atom. The van der Waals surface area contributed by atoms with Gasteiger partial charge in [-0.3, -0.25) is 14.6 Å². The van der Waals surface area contributed by atoms with Gasteiger partial charge < -0.3 is 14.9 Å². The van der Waals surface area contributed by atoms with Gasteiger partial charge in [0.2, 0.25) is 5.91 Å². The molecule has 0 saturated carbocycles. The van der Waals surface area contributed by atoms with Crippen molar-refractivity contribution in [2.75, 3.05) is 19.6 Å². The number of likely N-dealkylation sites (tertiary alicyclic amines) is 1. The van der Waals surface area contributed by atoms with E-state index in [9.17, 15) is 14.7 Å². The minimum Gasteiger partial charge on any atom is -0.391 e. The number of aliphatic hydroxyl groups excluding tert-OH is 1. The number of aromatic nitrogens is 1. The number of carbonyl (C=O) groups excluding carboxylic acids is 2. The third-order valence-corrected chi connectivity index (χ3v) is 4.50. The van der Waals surface area contributed by atoms with Crippen LogP contribution >= 0.6 is 0 Å². The number of hydrogen-bond acceptors (Lipinski definition) is 4. The fraction of sp³-hybridized carbons (Fsp3) is 0.562. The number of nitrogens with zero attached hydrogens (tertiary/aromatic N) is 3. The fourth-order valence-corrected chi connectivity index (χ4v) is 3.26. The van der Waals surface area contributed by atoms with Crippen LogP contribution in [0.5, 0.6) is 0 Å². The average Bonchev–Trinajstić information content (AvgIpc) is 2.53. The lowest BCUT2D eigenvalue weighted by Gasteiger charge is -2.32. The van der Waals surface area contributed by atoms with E-state index in [2.05, 4.69) is 4.98 Å². The molecule has 2 amide bonds. The van der Waals surface area contributed by atoms with Crippen LogP contribution in [0.3, 0.4) is 0 Å². The highest BCUT2D eigenvalue weighted by molar-refractivity contribution is 5.96. The molecule has 1 aromatic heterocycles. The van der Waals surface area contributed by atoms with Gasteiger partial charge in [-0.25, -0.2) is 0 Å². The third-order valence-electron chi connectivity index (χ3n) is 4.50. The van der Waals surface area contributed by atoms with Crippen molar-refractivity contribution in [3.05, 3.63) is 29.1 Å². The normalized spacial score (nSPS) is 21.5. The monoisotopic (exact) mass is 303 g/mol. The molecule has 6 heteroatoms. The molecule has 1 fully saturated rings. The largest absolute Gasteiger partial charge is 0.391 e. The van der Waals surface area contributed by atoms with Gasteiger partial charge in [-0.2, -0.15) is 0 Å². The Labute approximate surface area is 129 Å². The first-order valence-corrected chi connectivity index (χ1v) is 7.75. The Balaban J connectivity index is 1.85. The Bertz CT molecular complexity index is 602. The molecule has 0 radical (unpaired) electrons. The molecule has 6 nitrogen and oxygen atoms in total. The Morgan fingerprint density at radius 2 is 2.09 bits per heavy atom. The number of hydrogen-bond donors (Lipinski definition) is 1. The molecule has 1 unspecified atom stereocenters. The van der Waals surface area contributed by atoms with E-state index in [4.69, 9.17) is 0 Å². The van der Waals surface area contributed by atoms with E-state index in [-0.39, 0.29) is 11.8 Å². The van der Waals surface area contributed by atoms with Crippen LogP contribution in [0.1, 0.15) is 41.3 Å². The number of β-amino-alcohol motifs (C(OH)–C–C–N with tert-alkyl or cyclic N) is 1. The summed E-state index contributed by atoms with van der Waals surface area (Å²) in [6.07, 6.45) is 5.18. The number of piperidine rings is 1. The van der Waals surface area contributed by atoms with E-state index in [0.29, 0.717) is 38.2 Å². The number of pyridine rings is 1. The van der Waals surface area contributed by atoms with Gasteiger partial charge in [0.15, 0.2) is 0 Å². The lowest BCUT2D eigenvalue weighted by atomic mass is 9.95. The number of rotatable bonds is 1. The van der Waals surface area contributed by atoms with E-state index < -0.39 is 6.10 Å². The molecular formula is C16H21N3O3. The van der Waals surface area contributed by atoms with E-state index >= 15 is 0 Å². The summed E-state index contributed by atoms with van der Waals surface area (Å²) in [5.41, 5.74) is 2.57. The van der Waals surface area contributed by atoms with Crippen LogP contribution in [0.4, 0.5) is 0 Å². The topological polar surface area (TPSA) is 73.7 Å². The van der Waals surface area contributed by atoms with Gasteiger partial charge in [0.1, 0.15) is 0 Å². The molecule has 0 aliphatic carbocycles. The van der Waals surface area contributed by atoms with Crippen molar-refractivity contribution >= 4 is 11.8 Å². The van der Waals surface area contributed by atoms with Crippen molar-refractivity contribution in [1.29, 1.82) is 0 Å². The molecule has 0 spiro atoms. The minimum absolute atomic E-state index is 0.0431. The summed E-state index contributed by atoms with van der Waals surface area (Å²) in [5, 5.41) is 9.76. The first-order valence-electron chi connectivity index (χ1n) is 7.75. The summed E-state index contributed by atoms with van der Waals surface area (Å²) in [5.74, 6) is -0.0130. The van der Waals surface area contributed by atoms with E-state index in [1.807, 2.05) is 0 Å².